The Bertz CT molecular complexity index is 1470. The number of amides is 1. The van der Waals surface area contributed by atoms with Gasteiger partial charge >= 0.3 is 11.9 Å². The fourth-order valence-corrected chi connectivity index (χ4v) is 9.02. The number of ketones is 1. The maximum atomic E-state index is 14.3. The van der Waals surface area contributed by atoms with Gasteiger partial charge in [-0.15, -0.1) is 11.3 Å². The lowest BCUT2D eigenvalue weighted by atomic mass is 9.45. The van der Waals surface area contributed by atoms with E-state index < -0.39 is 107 Å². The third kappa shape index (κ3) is 5.27. The normalized spacial score (nSPS) is 39.0. The number of ether oxygens (including phenoxy) is 3. The Morgan fingerprint density at radius 3 is 2.32 bits per heavy atom. The lowest BCUT2D eigenvalue weighted by molar-refractivity contribution is -0.345. The molecule has 1 aromatic rings. The molecule has 5 rings (SSSR count). The molecule has 260 valence electrons. The number of nitrogens with one attached hydrogen (secondary N) is 1. The smallest absolute Gasteiger partial charge is 0.337 e. The van der Waals surface area contributed by atoms with E-state index in [-0.39, 0.29) is 24.2 Å². The summed E-state index contributed by atoms with van der Waals surface area (Å²) in [6, 6.07) is 2.23. The van der Waals surface area contributed by atoms with Crippen molar-refractivity contribution in [2.75, 3.05) is 6.61 Å². The number of rotatable bonds is 7. The van der Waals surface area contributed by atoms with Gasteiger partial charge in [-0.05, 0) is 42.4 Å². The second kappa shape index (κ2) is 12.0. The summed E-state index contributed by atoms with van der Waals surface area (Å²) in [5.74, 6) is -5.17. The average Bonchev–Trinajstić information content (AvgIpc) is 3.53. The number of Topliss-reactive ketones (excluding diaryl/α,β-unsaturated/α-hetero) is 1. The van der Waals surface area contributed by atoms with Crippen LogP contribution in [-0.2, 0) is 28.6 Å². The first-order chi connectivity index (χ1) is 21.7. The number of carbonyl (C=O) groups excluding carboxylic acids is 4. The Balaban J connectivity index is 1.58. The molecule has 2 heterocycles. The predicted octanol–water partition coefficient (Wildman–Crippen LogP) is 0.645. The van der Waals surface area contributed by atoms with Crippen molar-refractivity contribution >= 4 is 35.0 Å². The van der Waals surface area contributed by atoms with E-state index in [4.69, 9.17) is 14.2 Å². The molecule has 0 unspecified atom stereocenters. The van der Waals surface area contributed by atoms with Crippen LogP contribution in [0.1, 0.15) is 71.0 Å². The number of aliphatic hydroxyl groups excluding tert-OH is 3. The van der Waals surface area contributed by atoms with Crippen molar-refractivity contribution in [3.8, 4) is 0 Å². The van der Waals surface area contributed by atoms with Crippen LogP contribution < -0.4 is 5.32 Å². The molecule has 0 aromatic carbocycles. The number of aliphatic hydroxyl groups is 5. The standard InChI is InChI=1S/C33H45NO12S/c1-14(2)22(34-28(40)18-9-8-10-47-18)24(38)29(41)46-17-12-33(43)27(45-16(4)35)25-31(7,19(36)11-20-32(25,42)13-44-20)26(39)23(37)21(15(17)3)30(33,5)6/h8-10,14,17,19-20,22-25,27,36-38,42-43H,11-13H2,1-7H3,(H,34,40)/t17-,19-,20+,22-,23+,24+,25-,27-,31+,32-,33+/m0/s1. The van der Waals surface area contributed by atoms with Gasteiger partial charge in [-0.1, -0.05) is 33.8 Å². The Morgan fingerprint density at radius 1 is 1.13 bits per heavy atom. The van der Waals surface area contributed by atoms with E-state index in [2.05, 4.69) is 5.32 Å². The summed E-state index contributed by atoms with van der Waals surface area (Å²) in [6.07, 6.45) is -9.68. The van der Waals surface area contributed by atoms with Crippen molar-refractivity contribution in [3.05, 3.63) is 33.5 Å². The van der Waals surface area contributed by atoms with Crippen LogP contribution in [0.3, 0.4) is 0 Å². The Labute approximate surface area is 276 Å². The van der Waals surface area contributed by atoms with E-state index in [0.29, 0.717) is 4.88 Å². The summed E-state index contributed by atoms with van der Waals surface area (Å²) in [7, 11) is 0. The van der Waals surface area contributed by atoms with E-state index in [1.165, 1.54) is 25.2 Å². The van der Waals surface area contributed by atoms with Gasteiger partial charge in [-0.3, -0.25) is 14.4 Å². The molecule has 13 nitrogen and oxygen atoms in total. The quantitative estimate of drug-likeness (QED) is 0.173. The topological polar surface area (TPSA) is 209 Å². The monoisotopic (exact) mass is 679 g/mol. The zero-order valence-corrected chi connectivity index (χ0v) is 28.4. The molecule has 11 atom stereocenters. The first-order valence-electron chi connectivity index (χ1n) is 15.8. The third-order valence-electron chi connectivity index (χ3n) is 11.3. The Hall–Kier alpha value is -2.72. The van der Waals surface area contributed by atoms with Gasteiger partial charge in [0.25, 0.3) is 5.91 Å². The molecule has 1 amide bonds. The fourth-order valence-electron chi connectivity index (χ4n) is 8.39. The first kappa shape index (κ1) is 35.6. The second-order valence-corrected chi connectivity index (χ2v) is 15.5. The lowest BCUT2D eigenvalue weighted by Gasteiger charge is -2.66. The van der Waals surface area contributed by atoms with Gasteiger partial charge in [0, 0.05) is 31.1 Å². The van der Waals surface area contributed by atoms with E-state index in [0.717, 1.165) is 6.92 Å². The molecule has 14 heteroatoms. The molecule has 4 aliphatic rings. The number of carbonyl (C=O) groups is 4. The number of fused-ring (bicyclic) bond motifs is 5. The second-order valence-electron chi connectivity index (χ2n) is 14.5. The highest BCUT2D eigenvalue weighted by molar-refractivity contribution is 7.12. The zero-order chi connectivity index (χ0) is 35.0. The van der Waals surface area contributed by atoms with Gasteiger partial charge in [-0.25, -0.2) is 4.79 Å². The highest BCUT2D eigenvalue weighted by atomic mass is 32.1. The van der Waals surface area contributed by atoms with Gasteiger partial charge in [-0.2, -0.15) is 0 Å². The molecule has 3 aliphatic carbocycles. The lowest BCUT2D eigenvalue weighted by Crippen LogP contribution is -2.81. The molecule has 1 saturated heterocycles. The third-order valence-corrected chi connectivity index (χ3v) is 12.1. The SMILES string of the molecule is CC(=O)O[C@H]1[C@@H]2[C@]3(O)CO[C@@H]3C[C@H](O)[C@@]2(C)C(=O)[C@H](O)C2=C(C)[C@@H](OC(=O)[C@H](O)[C@@H](NC(=O)c3cccs3)C(C)C)C[C@]1(O)C2(C)C. The predicted molar refractivity (Wildman–Crippen MR) is 166 cm³/mol. The van der Waals surface area contributed by atoms with E-state index in [9.17, 15) is 44.7 Å². The largest absolute Gasteiger partial charge is 0.459 e. The molecule has 2 saturated carbocycles. The minimum Gasteiger partial charge on any atom is -0.459 e. The van der Waals surface area contributed by atoms with Crippen molar-refractivity contribution < 1.29 is 58.9 Å². The minimum absolute atomic E-state index is 0.00190. The van der Waals surface area contributed by atoms with Crippen molar-refractivity contribution in [1.29, 1.82) is 0 Å². The minimum atomic E-state index is -2.20. The summed E-state index contributed by atoms with van der Waals surface area (Å²) in [5, 5.41) is 63.5. The summed E-state index contributed by atoms with van der Waals surface area (Å²) >= 11 is 1.19. The number of hydrogen-bond acceptors (Lipinski definition) is 13. The molecule has 0 radical (unpaired) electrons. The van der Waals surface area contributed by atoms with Crippen molar-refractivity contribution in [2.45, 2.75) is 115 Å². The van der Waals surface area contributed by atoms with Crippen molar-refractivity contribution in [3.63, 3.8) is 0 Å². The number of hydrogen-bond donors (Lipinski definition) is 6. The summed E-state index contributed by atoms with van der Waals surface area (Å²) in [4.78, 5) is 53.7. The van der Waals surface area contributed by atoms with Gasteiger partial charge < -0.3 is 45.1 Å². The van der Waals surface area contributed by atoms with Crippen LogP contribution in [0.25, 0.3) is 0 Å². The van der Waals surface area contributed by atoms with Gasteiger partial charge in [0.05, 0.1) is 35.1 Å². The van der Waals surface area contributed by atoms with Crippen LogP contribution in [0, 0.1) is 22.7 Å². The highest BCUT2D eigenvalue weighted by Gasteiger charge is 2.76. The number of esters is 2. The summed E-state index contributed by atoms with van der Waals surface area (Å²) in [6.45, 7) is 10.3. The maximum absolute atomic E-state index is 14.3. The summed E-state index contributed by atoms with van der Waals surface area (Å²) < 4.78 is 17.2. The Morgan fingerprint density at radius 2 is 1.79 bits per heavy atom. The van der Waals surface area contributed by atoms with Crippen LogP contribution in [0.4, 0.5) is 0 Å². The van der Waals surface area contributed by atoms with Crippen LogP contribution in [0.15, 0.2) is 28.7 Å². The van der Waals surface area contributed by atoms with E-state index in [1.807, 2.05) is 0 Å². The van der Waals surface area contributed by atoms with Crippen molar-refractivity contribution in [2.24, 2.45) is 22.7 Å². The first-order valence-corrected chi connectivity index (χ1v) is 16.7. The molecule has 2 bridgehead atoms. The molecule has 0 spiro atoms. The van der Waals surface area contributed by atoms with Crippen LogP contribution >= 0.6 is 11.3 Å². The van der Waals surface area contributed by atoms with Crippen LogP contribution in [0.2, 0.25) is 0 Å². The molecular formula is C33H45NO12S. The molecule has 47 heavy (non-hydrogen) atoms. The van der Waals surface area contributed by atoms with E-state index in [1.54, 1.807) is 45.2 Å². The fraction of sp³-hybridized carbons (Fsp3) is 0.697. The van der Waals surface area contributed by atoms with Gasteiger partial charge in [0.1, 0.15) is 29.5 Å². The maximum Gasteiger partial charge on any atom is 0.337 e. The molecule has 1 aromatic heterocycles. The van der Waals surface area contributed by atoms with E-state index >= 15 is 0 Å². The van der Waals surface area contributed by atoms with Crippen LogP contribution in [-0.4, -0.2) is 110 Å². The van der Waals surface area contributed by atoms with Gasteiger partial charge in [0.2, 0.25) is 0 Å². The molecule has 1 aliphatic heterocycles. The molecule has 6 N–H and O–H groups in total. The average molecular weight is 680 g/mol. The van der Waals surface area contributed by atoms with Crippen molar-refractivity contribution in [1.82, 2.24) is 5.32 Å². The highest BCUT2D eigenvalue weighted by Crippen LogP contribution is 2.63. The Kier molecular flexibility index (Phi) is 9.09. The zero-order valence-electron chi connectivity index (χ0n) is 27.6. The molecular weight excluding hydrogens is 634 g/mol. The summed E-state index contributed by atoms with van der Waals surface area (Å²) in [5.41, 5.74) is -7.20. The molecule has 3 fully saturated rings. The van der Waals surface area contributed by atoms with Gasteiger partial charge in [0.15, 0.2) is 11.9 Å². The number of thiophene rings is 1. The van der Waals surface area contributed by atoms with Crippen LogP contribution in [0.5, 0.6) is 0 Å².